The number of nitrogens with two attached hydrogens (primary N) is 1. The van der Waals surface area contributed by atoms with Gasteiger partial charge < -0.3 is 26.4 Å². The average molecular weight is 557 g/mol. The molecule has 0 bridgehead atoms. The van der Waals surface area contributed by atoms with Gasteiger partial charge >= 0.3 is 0 Å². The molecule has 1 fully saturated rings. The Hall–Kier alpha value is -3.46. The van der Waals surface area contributed by atoms with Crippen LogP contribution in [0.25, 0.3) is 0 Å². The van der Waals surface area contributed by atoms with Gasteiger partial charge in [-0.05, 0) is 81.3 Å². The summed E-state index contributed by atoms with van der Waals surface area (Å²) in [4.78, 5) is 34.8. The minimum atomic E-state index is -0.966. The molecule has 0 heterocycles. The molecule has 9 heteroatoms. The first-order chi connectivity index (χ1) is 19.1. The standard InChI is InChI=1S/C18H26FN3O4.C13H19N/c1-3-21-18(25)15(11-16(20)23)22-17(24)6-4-5-7-26-14-9-12(2)8-13(19)10-14;1-3-11-6-5-7-12(10-11)13(8-9-13)14-4-2/h8-10,15H,3-7,11H2,1-2H3,(H2,20,23)(H,21,25)(H,22,24);5-7,10,14H,3-4,8-9H2,1-2H3. The summed E-state index contributed by atoms with van der Waals surface area (Å²) < 4.78 is 18.7. The summed E-state index contributed by atoms with van der Waals surface area (Å²) in [7, 11) is 0. The van der Waals surface area contributed by atoms with Crippen molar-refractivity contribution in [1.82, 2.24) is 16.0 Å². The summed E-state index contributed by atoms with van der Waals surface area (Å²) in [6, 6.07) is 12.5. The number of hydrogen-bond donors (Lipinski definition) is 4. The smallest absolute Gasteiger partial charge is 0.243 e. The molecule has 1 aliphatic rings. The Balaban J connectivity index is 0.000000333. The van der Waals surface area contributed by atoms with Gasteiger partial charge in [-0.1, -0.05) is 38.1 Å². The molecule has 8 nitrogen and oxygen atoms in total. The number of amides is 3. The molecule has 0 aromatic heterocycles. The molecule has 3 rings (SSSR count). The van der Waals surface area contributed by atoms with E-state index in [0.717, 1.165) is 18.5 Å². The van der Waals surface area contributed by atoms with Gasteiger partial charge in [0.25, 0.3) is 0 Å². The van der Waals surface area contributed by atoms with Crippen LogP contribution in [-0.2, 0) is 26.3 Å². The molecule has 2 aromatic carbocycles. The Kier molecular flexibility index (Phi) is 13.6. The number of nitrogens with one attached hydrogen (secondary N) is 3. The Bertz CT molecular complexity index is 1100. The third kappa shape index (κ3) is 11.3. The number of likely N-dealkylation sites (N-methyl/N-ethyl adjacent to an activating group) is 1. The largest absolute Gasteiger partial charge is 0.493 e. The van der Waals surface area contributed by atoms with Gasteiger partial charge in [0, 0.05) is 24.6 Å². The number of hydrogen-bond acceptors (Lipinski definition) is 5. The second-order valence-electron chi connectivity index (χ2n) is 10.1. The van der Waals surface area contributed by atoms with Gasteiger partial charge in [0.2, 0.25) is 17.7 Å². The summed E-state index contributed by atoms with van der Waals surface area (Å²) in [6.07, 6.45) is 4.78. The number of primary amides is 1. The summed E-state index contributed by atoms with van der Waals surface area (Å²) in [5, 5.41) is 8.66. The molecule has 40 heavy (non-hydrogen) atoms. The van der Waals surface area contributed by atoms with Gasteiger partial charge in [-0.3, -0.25) is 14.4 Å². The van der Waals surface area contributed by atoms with Crippen molar-refractivity contribution < 1.29 is 23.5 Å². The van der Waals surface area contributed by atoms with Crippen LogP contribution < -0.4 is 26.4 Å². The zero-order valence-electron chi connectivity index (χ0n) is 24.3. The number of benzene rings is 2. The second kappa shape index (κ2) is 16.6. The summed E-state index contributed by atoms with van der Waals surface area (Å²) in [5.74, 6) is -1.36. The van der Waals surface area contributed by atoms with E-state index in [1.807, 2.05) is 0 Å². The average Bonchev–Trinajstić information content (AvgIpc) is 3.69. The summed E-state index contributed by atoms with van der Waals surface area (Å²) in [5.41, 5.74) is 9.14. The normalized spacial score (nSPS) is 13.8. The molecule has 1 unspecified atom stereocenters. The fraction of sp³-hybridized carbons (Fsp3) is 0.516. The van der Waals surface area contributed by atoms with Crippen LogP contribution in [0.4, 0.5) is 4.39 Å². The summed E-state index contributed by atoms with van der Waals surface area (Å²) in [6.45, 7) is 9.71. The maximum absolute atomic E-state index is 13.2. The van der Waals surface area contributed by atoms with Gasteiger partial charge in [0.15, 0.2) is 0 Å². The first-order valence-electron chi connectivity index (χ1n) is 14.2. The van der Waals surface area contributed by atoms with Gasteiger partial charge in [-0.25, -0.2) is 4.39 Å². The van der Waals surface area contributed by atoms with Crippen molar-refractivity contribution in [3.05, 3.63) is 65.0 Å². The monoisotopic (exact) mass is 556 g/mol. The highest BCUT2D eigenvalue weighted by molar-refractivity contribution is 5.91. The number of carbonyl (C=O) groups is 3. The molecule has 1 atom stereocenters. The zero-order valence-corrected chi connectivity index (χ0v) is 24.3. The molecule has 0 aliphatic heterocycles. The van der Waals surface area contributed by atoms with Crippen LogP contribution in [0, 0.1) is 12.7 Å². The highest BCUT2D eigenvalue weighted by atomic mass is 19.1. The van der Waals surface area contributed by atoms with Crippen LogP contribution in [0.1, 0.15) is 76.0 Å². The van der Waals surface area contributed by atoms with E-state index >= 15 is 0 Å². The zero-order chi connectivity index (χ0) is 29.5. The molecule has 0 radical (unpaired) electrons. The molecule has 2 aromatic rings. The van der Waals surface area contributed by atoms with Crippen LogP contribution in [-0.4, -0.2) is 43.5 Å². The number of carbonyl (C=O) groups excluding carboxylic acids is 3. The maximum atomic E-state index is 13.2. The van der Waals surface area contributed by atoms with Crippen molar-refractivity contribution in [3.63, 3.8) is 0 Å². The Morgan fingerprint density at radius 2 is 1.80 bits per heavy atom. The molecular formula is C31H45FN4O4. The van der Waals surface area contributed by atoms with Gasteiger partial charge in [-0.2, -0.15) is 0 Å². The molecule has 0 saturated heterocycles. The first kappa shape index (κ1) is 32.8. The quantitative estimate of drug-likeness (QED) is 0.247. The van der Waals surface area contributed by atoms with E-state index < -0.39 is 17.9 Å². The lowest BCUT2D eigenvalue weighted by Gasteiger charge is -2.17. The van der Waals surface area contributed by atoms with E-state index in [0.29, 0.717) is 37.3 Å². The Morgan fingerprint density at radius 1 is 1.05 bits per heavy atom. The third-order valence-corrected chi connectivity index (χ3v) is 6.64. The van der Waals surface area contributed by atoms with Crippen LogP contribution in [0.5, 0.6) is 5.75 Å². The van der Waals surface area contributed by atoms with E-state index in [1.165, 1.54) is 36.1 Å². The molecule has 3 amide bonds. The number of unbranched alkanes of at least 4 members (excludes halogenated alkanes) is 1. The lowest BCUT2D eigenvalue weighted by atomic mass is 10.0. The van der Waals surface area contributed by atoms with Gasteiger partial charge in [0.05, 0.1) is 13.0 Å². The van der Waals surface area contributed by atoms with Crippen molar-refractivity contribution in [1.29, 1.82) is 0 Å². The molecule has 1 saturated carbocycles. The molecule has 5 N–H and O–H groups in total. The predicted octanol–water partition coefficient (Wildman–Crippen LogP) is 4.03. The number of halogens is 1. The number of rotatable bonds is 15. The first-order valence-corrected chi connectivity index (χ1v) is 14.2. The van der Waals surface area contributed by atoms with E-state index in [9.17, 15) is 18.8 Å². The van der Waals surface area contributed by atoms with E-state index in [2.05, 4.69) is 54.1 Å². The fourth-order valence-electron chi connectivity index (χ4n) is 4.46. The van der Waals surface area contributed by atoms with Gasteiger partial charge in [0.1, 0.15) is 17.6 Å². The van der Waals surface area contributed by atoms with Crippen LogP contribution in [0.3, 0.4) is 0 Å². The van der Waals surface area contributed by atoms with Gasteiger partial charge in [-0.15, -0.1) is 0 Å². The lowest BCUT2D eigenvalue weighted by molar-refractivity contribution is -0.131. The van der Waals surface area contributed by atoms with Crippen molar-refractivity contribution in [2.75, 3.05) is 19.7 Å². The highest BCUT2D eigenvalue weighted by Crippen LogP contribution is 2.45. The van der Waals surface area contributed by atoms with E-state index in [1.54, 1.807) is 19.9 Å². The topological polar surface area (TPSA) is 123 Å². The highest BCUT2D eigenvalue weighted by Gasteiger charge is 2.43. The molecule has 220 valence electrons. The SMILES string of the molecule is CCNC(=O)C(CC(N)=O)NC(=O)CCCCOc1cc(C)cc(F)c1.CCNC1(c2cccc(CC)c2)CC1. The van der Waals surface area contributed by atoms with Crippen molar-refractivity contribution >= 4 is 17.7 Å². The minimum Gasteiger partial charge on any atom is -0.493 e. The lowest BCUT2D eigenvalue weighted by Crippen LogP contribution is -2.48. The van der Waals surface area contributed by atoms with E-state index in [4.69, 9.17) is 10.5 Å². The summed E-state index contributed by atoms with van der Waals surface area (Å²) >= 11 is 0. The number of ether oxygens (including phenoxy) is 1. The molecular weight excluding hydrogens is 511 g/mol. The second-order valence-corrected chi connectivity index (χ2v) is 10.1. The fourth-order valence-corrected chi connectivity index (χ4v) is 4.46. The van der Waals surface area contributed by atoms with Crippen molar-refractivity contribution in [2.24, 2.45) is 5.73 Å². The van der Waals surface area contributed by atoms with Crippen LogP contribution in [0.2, 0.25) is 0 Å². The third-order valence-electron chi connectivity index (χ3n) is 6.64. The van der Waals surface area contributed by atoms with Crippen LogP contribution >= 0.6 is 0 Å². The minimum absolute atomic E-state index is 0.181. The van der Waals surface area contributed by atoms with E-state index in [-0.39, 0.29) is 24.6 Å². The van der Waals surface area contributed by atoms with Crippen LogP contribution in [0.15, 0.2) is 42.5 Å². The Labute approximate surface area is 237 Å². The maximum Gasteiger partial charge on any atom is 0.243 e. The predicted molar refractivity (Wildman–Crippen MR) is 155 cm³/mol. The van der Waals surface area contributed by atoms with Crippen molar-refractivity contribution in [3.8, 4) is 5.75 Å². The Morgan fingerprint density at radius 3 is 2.40 bits per heavy atom. The molecule has 0 spiro atoms. The van der Waals surface area contributed by atoms with Crippen molar-refractivity contribution in [2.45, 2.75) is 84.2 Å². The number of aryl methyl sites for hydroxylation is 2. The molecule has 1 aliphatic carbocycles.